The molecule has 0 spiro atoms. The van der Waals surface area contributed by atoms with Crippen molar-refractivity contribution in [2.45, 2.75) is 44.8 Å². The van der Waals surface area contributed by atoms with E-state index in [0.29, 0.717) is 10.0 Å². The Morgan fingerprint density at radius 1 is 1.42 bits per heavy atom. The van der Waals surface area contributed by atoms with Crippen molar-refractivity contribution in [3.63, 3.8) is 0 Å². The van der Waals surface area contributed by atoms with Gasteiger partial charge in [0.25, 0.3) is 0 Å². The summed E-state index contributed by atoms with van der Waals surface area (Å²) in [4.78, 5) is 11.8. The third-order valence-corrected chi connectivity index (χ3v) is 3.56. The van der Waals surface area contributed by atoms with Gasteiger partial charge in [0, 0.05) is 5.54 Å². The number of alkyl carbamates (subject to hydrolysis) is 1. The van der Waals surface area contributed by atoms with E-state index in [-0.39, 0.29) is 11.4 Å². The molecule has 0 radical (unpaired) electrons. The number of benzene rings is 1. The van der Waals surface area contributed by atoms with Crippen LogP contribution in [0.4, 0.5) is 9.18 Å². The van der Waals surface area contributed by atoms with Gasteiger partial charge in [-0.2, -0.15) is 0 Å². The molecule has 0 bridgehead atoms. The zero-order valence-electron chi connectivity index (χ0n) is 11.2. The number of carbonyl (C=O) groups excluding carboxylic acids is 1. The predicted molar refractivity (Wildman–Crippen MR) is 74.4 cm³/mol. The van der Waals surface area contributed by atoms with Gasteiger partial charge in [-0.05, 0) is 67.2 Å². The minimum atomic E-state index is -0.656. The van der Waals surface area contributed by atoms with Crippen LogP contribution in [0.2, 0.25) is 0 Å². The van der Waals surface area contributed by atoms with E-state index in [2.05, 4.69) is 21.2 Å². The summed E-state index contributed by atoms with van der Waals surface area (Å²) >= 11 is 3.11. The number of halogens is 2. The Labute approximate surface area is 120 Å². The first-order valence-corrected chi connectivity index (χ1v) is 6.98. The second-order valence-corrected chi connectivity index (χ2v) is 6.74. The van der Waals surface area contributed by atoms with Gasteiger partial charge in [0.05, 0.1) is 4.47 Å². The van der Waals surface area contributed by atoms with Crippen LogP contribution in [0.15, 0.2) is 22.7 Å². The molecular weight excluding hydrogens is 313 g/mol. The summed E-state index contributed by atoms with van der Waals surface area (Å²) < 4.78 is 19.4. The SMILES string of the molecule is CC(C)(C)NC(=O)OC1(c2ccc(Br)c(F)c2)CC1. The Kier molecular flexibility index (Phi) is 3.60. The fourth-order valence-electron chi connectivity index (χ4n) is 1.85. The summed E-state index contributed by atoms with van der Waals surface area (Å²) in [6.07, 6.45) is 0.991. The van der Waals surface area contributed by atoms with Gasteiger partial charge in [0.1, 0.15) is 11.4 Å². The van der Waals surface area contributed by atoms with Gasteiger partial charge in [0.15, 0.2) is 0 Å². The highest BCUT2D eigenvalue weighted by Crippen LogP contribution is 2.49. The number of amides is 1. The van der Waals surface area contributed by atoms with E-state index in [1.807, 2.05) is 20.8 Å². The van der Waals surface area contributed by atoms with Crippen LogP contribution in [0.3, 0.4) is 0 Å². The summed E-state index contributed by atoms with van der Waals surface area (Å²) in [6, 6.07) is 4.84. The summed E-state index contributed by atoms with van der Waals surface area (Å²) in [6.45, 7) is 5.65. The Morgan fingerprint density at radius 3 is 2.53 bits per heavy atom. The fourth-order valence-corrected chi connectivity index (χ4v) is 2.10. The van der Waals surface area contributed by atoms with Crippen LogP contribution in [0, 0.1) is 5.82 Å². The molecule has 0 heterocycles. The van der Waals surface area contributed by atoms with Crippen LogP contribution in [0.1, 0.15) is 39.2 Å². The summed E-state index contributed by atoms with van der Waals surface area (Å²) in [5, 5.41) is 2.75. The van der Waals surface area contributed by atoms with Gasteiger partial charge in [-0.3, -0.25) is 0 Å². The minimum absolute atomic E-state index is 0.344. The number of hydrogen-bond donors (Lipinski definition) is 1. The molecule has 1 aromatic carbocycles. The monoisotopic (exact) mass is 329 g/mol. The van der Waals surface area contributed by atoms with Crippen molar-refractivity contribution in [1.29, 1.82) is 0 Å². The first-order valence-electron chi connectivity index (χ1n) is 6.19. The Bertz CT molecular complexity index is 507. The van der Waals surface area contributed by atoms with Crippen LogP contribution in [-0.4, -0.2) is 11.6 Å². The van der Waals surface area contributed by atoms with Crippen molar-refractivity contribution < 1.29 is 13.9 Å². The van der Waals surface area contributed by atoms with Crippen molar-refractivity contribution in [3.05, 3.63) is 34.1 Å². The maximum Gasteiger partial charge on any atom is 0.408 e. The first-order chi connectivity index (χ1) is 8.72. The Balaban J connectivity index is 2.11. The summed E-state index contributed by atoms with van der Waals surface area (Å²) in [5.41, 5.74) is -0.299. The van der Waals surface area contributed by atoms with Crippen LogP contribution in [0.5, 0.6) is 0 Å². The van der Waals surface area contributed by atoms with Crippen molar-refractivity contribution in [3.8, 4) is 0 Å². The number of ether oxygens (including phenoxy) is 1. The first kappa shape index (κ1) is 14.3. The molecule has 1 N–H and O–H groups in total. The third-order valence-electron chi connectivity index (χ3n) is 2.91. The van der Waals surface area contributed by atoms with Gasteiger partial charge in [-0.1, -0.05) is 6.07 Å². The second kappa shape index (κ2) is 4.78. The molecule has 1 saturated carbocycles. The van der Waals surface area contributed by atoms with E-state index < -0.39 is 11.7 Å². The van der Waals surface area contributed by atoms with Gasteiger partial charge < -0.3 is 10.1 Å². The molecule has 104 valence electrons. The zero-order chi connectivity index (χ0) is 14.3. The molecule has 3 nitrogen and oxygen atoms in total. The van der Waals surface area contributed by atoms with Gasteiger partial charge >= 0.3 is 6.09 Å². The van der Waals surface area contributed by atoms with E-state index in [1.165, 1.54) is 6.07 Å². The maximum atomic E-state index is 13.5. The average molecular weight is 330 g/mol. The molecule has 0 unspecified atom stereocenters. The molecule has 2 rings (SSSR count). The van der Waals surface area contributed by atoms with Crippen LogP contribution < -0.4 is 5.32 Å². The highest BCUT2D eigenvalue weighted by Gasteiger charge is 2.49. The molecule has 1 amide bonds. The molecule has 1 aromatic rings. The van der Waals surface area contributed by atoms with Crippen LogP contribution in [-0.2, 0) is 10.3 Å². The lowest BCUT2D eigenvalue weighted by Gasteiger charge is -2.23. The molecular formula is C14H17BrFNO2. The molecule has 0 aromatic heterocycles. The molecule has 0 aliphatic heterocycles. The fraction of sp³-hybridized carbons (Fsp3) is 0.500. The van der Waals surface area contributed by atoms with Crippen molar-refractivity contribution in [2.75, 3.05) is 0 Å². The number of nitrogens with one attached hydrogen (secondary N) is 1. The maximum absolute atomic E-state index is 13.5. The lowest BCUT2D eigenvalue weighted by atomic mass is 10.1. The Morgan fingerprint density at radius 2 is 2.05 bits per heavy atom. The minimum Gasteiger partial charge on any atom is -0.438 e. The smallest absolute Gasteiger partial charge is 0.408 e. The lowest BCUT2D eigenvalue weighted by Crippen LogP contribution is -2.42. The normalized spacial score (nSPS) is 16.9. The molecule has 19 heavy (non-hydrogen) atoms. The van der Waals surface area contributed by atoms with Crippen molar-refractivity contribution >= 4 is 22.0 Å². The van der Waals surface area contributed by atoms with Gasteiger partial charge in [0.2, 0.25) is 0 Å². The second-order valence-electron chi connectivity index (χ2n) is 5.89. The molecule has 1 aliphatic rings. The van der Waals surface area contributed by atoms with Gasteiger partial charge in [-0.15, -0.1) is 0 Å². The van der Waals surface area contributed by atoms with E-state index >= 15 is 0 Å². The van der Waals surface area contributed by atoms with E-state index in [1.54, 1.807) is 12.1 Å². The van der Waals surface area contributed by atoms with E-state index in [0.717, 1.165) is 12.8 Å². The number of carbonyl (C=O) groups is 1. The molecule has 0 saturated heterocycles. The summed E-state index contributed by atoms with van der Waals surface area (Å²) in [7, 11) is 0. The van der Waals surface area contributed by atoms with E-state index in [9.17, 15) is 9.18 Å². The molecule has 1 fully saturated rings. The topological polar surface area (TPSA) is 38.3 Å². The van der Waals surface area contributed by atoms with Gasteiger partial charge in [-0.25, -0.2) is 9.18 Å². The van der Waals surface area contributed by atoms with E-state index in [4.69, 9.17) is 4.74 Å². The number of hydrogen-bond acceptors (Lipinski definition) is 2. The quantitative estimate of drug-likeness (QED) is 0.886. The van der Waals surface area contributed by atoms with Crippen molar-refractivity contribution in [2.24, 2.45) is 0 Å². The summed E-state index contributed by atoms with van der Waals surface area (Å²) in [5.74, 6) is -0.344. The Hall–Kier alpha value is -1.10. The highest BCUT2D eigenvalue weighted by molar-refractivity contribution is 9.10. The van der Waals surface area contributed by atoms with Crippen molar-refractivity contribution in [1.82, 2.24) is 5.32 Å². The number of rotatable bonds is 2. The average Bonchev–Trinajstić information content (AvgIpc) is 3.00. The molecule has 1 aliphatic carbocycles. The largest absolute Gasteiger partial charge is 0.438 e. The standard InChI is InChI=1S/C14H17BrFNO2/c1-13(2,3)17-12(18)19-14(6-7-14)9-4-5-10(15)11(16)8-9/h4-5,8H,6-7H2,1-3H3,(H,17,18). The predicted octanol–water partition coefficient (Wildman–Crippen LogP) is 4.10. The zero-order valence-corrected chi connectivity index (χ0v) is 12.8. The third kappa shape index (κ3) is 3.47. The molecule has 0 atom stereocenters. The molecule has 5 heteroatoms. The lowest BCUT2D eigenvalue weighted by molar-refractivity contribution is 0.0753. The van der Waals surface area contributed by atoms with Crippen LogP contribution in [0.25, 0.3) is 0 Å². The highest BCUT2D eigenvalue weighted by atomic mass is 79.9. The van der Waals surface area contributed by atoms with Crippen LogP contribution >= 0.6 is 15.9 Å².